The Balaban J connectivity index is 1.81. The first kappa shape index (κ1) is 15.7. The van der Waals surface area contributed by atoms with E-state index in [2.05, 4.69) is 10.5 Å². The maximum absolute atomic E-state index is 12.0. The van der Waals surface area contributed by atoms with E-state index in [1.54, 1.807) is 12.1 Å². The molecule has 2 amide bonds. The molecule has 0 unspecified atom stereocenters. The Labute approximate surface area is 141 Å². The normalized spacial score (nSPS) is 10.8. The highest BCUT2D eigenvalue weighted by Gasteiger charge is 2.23. The van der Waals surface area contributed by atoms with Gasteiger partial charge in [-0.1, -0.05) is 41.6 Å². The number of primary amides is 1. The topological polar surface area (TPSA) is 98.2 Å². The molecule has 0 saturated heterocycles. The van der Waals surface area contributed by atoms with Crippen LogP contribution >= 0.6 is 11.3 Å². The number of aromatic nitrogens is 1. The fourth-order valence-corrected chi connectivity index (χ4v) is 2.79. The number of carbonyl (C=O) groups is 2. The first-order valence-electron chi connectivity index (χ1n) is 7.02. The van der Waals surface area contributed by atoms with Crippen LogP contribution in [-0.4, -0.2) is 17.0 Å². The SMILES string of the molecule is NC(=O)c1c(-c2cccs2)noc1NC(=O)/C=C/c1ccccc1. The molecule has 24 heavy (non-hydrogen) atoms. The molecule has 0 aliphatic rings. The summed E-state index contributed by atoms with van der Waals surface area (Å²) in [4.78, 5) is 24.5. The van der Waals surface area contributed by atoms with Gasteiger partial charge in [0.1, 0.15) is 11.3 Å². The second kappa shape index (κ2) is 6.93. The molecule has 120 valence electrons. The molecule has 0 bridgehead atoms. The third-order valence-corrected chi connectivity index (χ3v) is 4.03. The fourth-order valence-electron chi connectivity index (χ4n) is 2.08. The predicted molar refractivity (Wildman–Crippen MR) is 92.4 cm³/mol. The lowest BCUT2D eigenvalue weighted by Crippen LogP contribution is -2.16. The van der Waals surface area contributed by atoms with Crippen LogP contribution in [0.5, 0.6) is 0 Å². The number of carbonyl (C=O) groups excluding carboxylic acids is 2. The molecule has 2 aromatic heterocycles. The van der Waals surface area contributed by atoms with E-state index in [4.69, 9.17) is 10.3 Å². The molecule has 0 aliphatic heterocycles. The van der Waals surface area contributed by atoms with Crippen LogP contribution in [0.15, 0.2) is 58.4 Å². The highest BCUT2D eigenvalue weighted by Crippen LogP contribution is 2.31. The van der Waals surface area contributed by atoms with E-state index in [0.29, 0.717) is 5.69 Å². The van der Waals surface area contributed by atoms with Crippen molar-refractivity contribution in [2.45, 2.75) is 0 Å². The van der Waals surface area contributed by atoms with Crippen LogP contribution in [0.25, 0.3) is 16.6 Å². The Kier molecular flexibility index (Phi) is 4.53. The second-order valence-electron chi connectivity index (χ2n) is 4.81. The minimum Gasteiger partial charge on any atom is -0.365 e. The van der Waals surface area contributed by atoms with Crippen molar-refractivity contribution in [3.05, 3.63) is 65.0 Å². The molecule has 7 heteroatoms. The highest BCUT2D eigenvalue weighted by atomic mass is 32.1. The van der Waals surface area contributed by atoms with Crippen molar-refractivity contribution in [1.82, 2.24) is 5.16 Å². The minimum absolute atomic E-state index is 0.0545. The number of benzene rings is 1. The van der Waals surface area contributed by atoms with Crippen LogP contribution in [0.3, 0.4) is 0 Å². The molecule has 0 atom stereocenters. The number of anilines is 1. The second-order valence-corrected chi connectivity index (χ2v) is 5.76. The van der Waals surface area contributed by atoms with Gasteiger partial charge in [-0.05, 0) is 23.1 Å². The predicted octanol–water partition coefficient (Wildman–Crippen LogP) is 3.15. The van der Waals surface area contributed by atoms with Gasteiger partial charge in [0.2, 0.25) is 5.88 Å². The van der Waals surface area contributed by atoms with Gasteiger partial charge in [0.05, 0.1) is 4.88 Å². The van der Waals surface area contributed by atoms with Crippen molar-refractivity contribution >= 4 is 35.1 Å². The first-order chi connectivity index (χ1) is 11.6. The molecule has 3 aromatic rings. The third kappa shape index (κ3) is 3.41. The van der Waals surface area contributed by atoms with E-state index in [9.17, 15) is 9.59 Å². The molecule has 3 N–H and O–H groups in total. The molecule has 6 nitrogen and oxygen atoms in total. The smallest absolute Gasteiger partial charge is 0.256 e. The number of rotatable bonds is 5. The Hall–Kier alpha value is -3.19. The van der Waals surface area contributed by atoms with Gasteiger partial charge in [0, 0.05) is 6.08 Å². The van der Waals surface area contributed by atoms with Gasteiger partial charge in [-0.3, -0.25) is 14.9 Å². The van der Waals surface area contributed by atoms with Crippen molar-refractivity contribution in [3.63, 3.8) is 0 Å². The van der Waals surface area contributed by atoms with Crippen molar-refractivity contribution in [2.75, 3.05) is 5.32 Å². The molecular weight excluding hydrogens is 326 g/mol. The number of nitrogens with two attached hydrogens (primary N) is 1. The van der Waals surface area contributed by atoms with E-state index in [1.165, 1.54) is 17.4 Å². The van der Waals surface area contributed by atoms with Gasteiger partial charge in [0.15, 0.2) is 0 Å². The zero-order chi connectivity index (χ0) is 16.9. The molecule has 0 spiro atoms. The van der Waals surface area contributed by atoms with Crippen molar-refractivity contribution in [1.29, 1.82) is 0 Å². The largest absolute Gasteiger partial charge is 0.365 e. The van der Waals surface area contributed by atoms with Crippen LogP contribution in [0.4, 0.5) is 5.88 Å². The standard InChI is InChI=1S/C17H13N3O3S/c18-16(22)14-15(12-7-4-10-24-12)20-23-17(14)19-13(21)9-8-11-5-2-1-3-6-11/h1-10H,(H2,18,22)(H,19,21)/b9-8+. The summed E-state index contributed by atoms with van der Waals surface area (Å²) in [5.74, 6) is -1.23. The molecular formula is C17H13N3O3S. The van der Waals surface area contributed by atoms with E-state index in [1.807, 2.05) is 41.8 Å². The van der Waals surface area contributed by atoms with Gasteiger partial charge in [-0.15, -0.1) is 11.3 Å². The number of nitrogens with one attached hydrogen (secondary N) is 1. The maximum Gasteiger partial charge on any atom is 0.256 e. The molecule has 0 saturated carbocycles. The van der Waals surface area contributed by atoms with E-state index in [-0.39, 0.29) is 11.4 Å². The summed E-state index contributed by atoms with van der Waals surface area (Å²) in [5.41, 5.74) is 6.65. The molecule has 0 radical (unpaired) electrons. The van der Waals surface area contributed by atoms with Gasteiger partial charge in [-0.25, -0.2) is 0 Å². The average Bonchev–Trinajstić information content (AvgIpc) is 3.23. The van der Waals surface area contributed by atoms with Crippen molar-refractivity contribution < 1.29 is 14.1 Å². The summed E-state index contributed by atoms with van der Waals surface area (Å²) in [7, 11) is 0. The number of hydrogen-bond acceptors (Lipinski definition) is 5. The lowest BCUT2D eigenvalue weighted by Gasteiger charge is -1.99. The van der Waals surface area contributed by atoms with Crippen molar-refractivity contribution in [3.8, 4) is 10.6 Å². The quantitative estimate of drug-likeness (QED) is 0.698. The maximum atomic E-state index is 12.0. The molecule has 3 rings (SSSR count). The zero-order valence-electron chi connectivity index (χ0n) is 12.4. The summed E-state index contributed by atoms with van der Waals surface area (Å²) in [6.45, 7) is 0. The summed E-state index contributed by atoms with van der Waals surface area (Å²) in [5, 5.41) is 8.18. The van der Waals surface area contributed by atoms with E-state index in [0.717, 1.165) is 10.4 Å². The van der Waals surface area contributed by atoms with Crippen molar-refractivity contribution in [2.24, 2.45) is 5.73 Å². The lowest BCUT2D eigenvalue weighted by molar-refractivity contribution is -0.112. The molecule has 0 fully saturated rings. The monoisotopic (exact) mass is 339 g/mol. The summed E-state index contributed by atoms with van der Waals surface area (Å²) in [6.07, 6.45) is 2.99. The third-order valence-electron chi connectivity index (χ3n) is 3.16. The summed E-state index contributed by atoms with van der Waals surface area (Å²) >= 11 is 1.39. The fraction of sp³-hybridized carbons (Fsp3) is 0. The lowest BCUT2D eigenvalue weighted by atomic mass is 10.2. The van der Waals surface area contributed by atoms with Crippen LogP contribution in [-0.2, 0) is 4.79 Å². The zero-order valence-corrected chi connectivity index (χ0v) is 13.2. The summed E-state index contributed by atoms with van der Waals surface area (Å²) in [6, 6.07) is 13.0. The Morgan fingerprint density at radius 3 is 2.62 bits per heavy atom. The first-order valence-corrected chi connectivity index (χ1v) is 7.90. The van der Waals surface area contributed by atoms with Gasteiger partial charge in [-0.2, -0.15) is 0 Å². The number of thiophene rings is 1. The average molecular weight is 339 g/mol. The van der Waals surface area contributed by atoms with Gasteiger partial charge in [0.25, 0.3) is 11.8 Å². The Morgan fingerprint density at radius 1 is 1.17 bits per heavy atom. The molecule has 2 heterocycles. The molecule has 1 aromatic carbocycles. The highest BCUT2D eigenvalue weighted by molar-refractivity contribution is 7.13. The summed E-state index contributed by atoms with van der Waals surface area (Å²) < 4.78 is 5.09. The minimum atomic E-state index is -0.720. The Bertz CT molecular complexity index is 883. The number of hydrogen-bond donors (Lipinski definition) is 2. The number of amides is 2. The van der Waals surface area contributed by atoms with Crippen LogP contribution in [0.1, 0.15) is 15.9 Å². The number of nitrogens with zero attached hydrogens (tertiary/aromatic N) is 1. The van der Waals surface area contributed by atoms with Crippen LogP contribution < -0.4 is 11.1 Å². The van der Waals surface area contributed by atoms with Gasteiger partial charge >= 0.3 is 0 Å². The Morgan fingerprint density at radius 2 is 1.96 bits per heavy atom. The van der Waals surface area contributed by atoms with E-state index >= 15 is 0 Å². The molecule has 0 aliphatic carbocycles. The van der Waals surface area contributed by atoms with Crippen LogP contribution in [0.2, 0.25) is 0 Å². The van der Waals surface area contributed by atoms with Gasteiger partial charge < -0.3 is 10.3 Å². The van der Waals surface area contributed by atoms with E-state index < -0.39 is 11.8 Å². The van der Waals surface area contributed by atoms with Crippen LogP contribution in [0, 0.1) is 0 Å².